The number of alkyl halides is 1. The molecule has 4 bridgehead atoms. The van der Waals surface area contributed by atoms with Gasteiger partial charge in [-0.05, 0) is 64.2 Å². The average molecular weight is 314 g/mol. The van der Waals surface area contributed by atoms with Gasteiger partial charge < -0.3 is 10.1 Å². The number of hydrogen-bond donors (Lipinski definition) is 1. The molecule has 4 aliphatic carbocycles. The molecule has 0 aliphatic heterocycles. The van der Waals surface area contributed by atoms with Gasteiger partial charge >= 0.3 is 5.97 Å². The Morgan fingerprint density at radius 2 is 1.86 bits per heavy atom. The Morgan fingerprint density at radius 1 is 1.24 bits per heavy atom. The largest absolute Gasteiger partial charge is 0.455 e. The number of amides is 1. The fourth-order valence-electron chi connectivity index (χ4n) is 5.04. The maximum Gasteiger partial charge on any atom is 0.312 e. The van der Waals surface area contributed by atoms with Crippen LogP contribution in [0.15, 0.2) is 0 Å². The van der Waals surface area contributed by atoms with Crippen LogP contribution in [0.1, 0.15) is 52.4 Å². The molecular weight excluding hydrogens is 290 g/mol. The second-order valence-corrected chi connectivity index (χ2v) is 8.49. The monoisotopic (exact) mass is 313 g/mol. The van der Waals surface area contributed by atoms with Crippen molar-refractivity contribution < 1.29 is 14.3 Å². The van der Waals surface area contributed by atoms with Gasteiger partial charge in [-0.2, -0.15) is 0 Å². The van der Waals surface area contributed by atoms with Gasteiger partial charge in [-0.3, -0.25) is 9.59 Å². The average Bonchev–Trinajstić information content (AvgIpc) is 2.31. The van der Waals surface area contributed by atoms with Crippen LogP contribution in [0.4, 0.5) is 0 Å². The lowest BCUT2D eigenvalue weighted by atomic mass is 9.49. The van der Waals surface area contributed by atoms with Crippen LogP contribution in [-0.2, 0) is 14.3 Å². The number of ether oxygens (including phenoxy) is 1. The number of carbonyl (C=O) groups excluding carboxylic acids is 2. The van der Waals surface area contributed by atoms with Gasteiger partial charge in [0.25, 0.3) is 5.91 Å². The van der Waals surface area contributed by atoms with Crippen LogP contribution < -0.4 is 5.32 Å². The van der Waals surface area contributed by atoms with E-state index in [0.29, 0.717) is 11.8 Å². The van der Waals surface area contributed by atoms with E-state index in [1.54, 1.807) is 0 Å². The molecule has 1 N–H and O–H groups in total. The lowest BCUT2D eigenvalue weighted by molar-refractivity contribution is -0.171. The van der Waals surface area contributed by atoms with Crippen LogP contribution in [0, 0.1) is 17.3 Å². The van der Waals surface area contributed by atoms with E-state index in [-0.39, 0.29) is 29.4 Å². The van der Waals surface area contributed by atoms with Crippen LogP contribution in [-0.4, -0.2) is 29.4 Å². The number of nitrogens with one attached hydrogen (secondary N) is 1. The molecule has 1 amide bonds. The summed E-state index contributed by atoms with van der Waals surface area (Å²) >= 11 is 6.71. The van der Waals surface area contributed by atoms with E-state index in [1.807, 2.05) is 13.8 Å². The molecule has 4 aliphatic rings. The van der Waals surface area contributed by atoms with Crippen molar-refractivity contribution in [2.24, 2.45) is 17.3 Å². The standard InChI is InChI=1S/C16H24ClNO3/c1-10(2)18-13(19)8-21-14(20)15-4-11-3-12(5-15)7-16(17,6-11)9-15/h10-12H,3-9H2,1-2H3,(H,18,19)/t11-,12+,15?,16?. The smallest absolute Gasteiger partial charge is 0.312 e. The lowest BCUT2D eigenvalue weighted by Gasteiger charge is -2.58. The van der Waals surface area contributed by atoms with E-state index in [9.17, 15) is 9.59 Å². The molecule has 4 rings (SSSR count). The SMILES string of the molecule is CC(C)NC(=O)COC(=O)C12C[C@@H]3C[C@@H](CC(Cl)(C3)C1)C2. The molecule has 21 heavy (non-hydrogen) atoms. The van der Waals surface area contributed by atoms with Crippen molar-refractivity contribution in [2.75, 3.05) is 6.61 Å². The summed E-state index contributed by atoms with van der Waals surface area (Å²) in [7, 11) is 0. The van der Waals surface area contributed by atoms with Crippen molar-refractivity contribution in [1.82, 2.24) is 5.32 Å². The zero-order valence-corrected chi connectivity index (χ0v) is 13.5. The number of halogens is 1. The molecule has 2 unspecified atom stereocenters. The Bertz CT molecular complexity index is 448. The van der Waals surface area contributed by atoms with Crippen molar-refractivity contribution >= 4 is 23.5 Å². The Morgan fingerprint density at radius 3 is 2.38 bits per heavy atom. The summed E-state index contributed by atoms with van der Waals surface area (Å²) < 4.78 is 5.32. The third-order valence-corrected chi connectivity index (χ3v) is 5.65. The predicted molar refractivity (Wildman–Crippen MR) is 79.9 cm³/mol. The highest BCUT2D eigenvalue weighted by molar-refractivity contribution is 6.24. The summed E-state index contributed by atoms with van der Waals surface area (Å²) in [5.41, 5.74) is -0.427. The van der Waals surface area contributed by atoms with E-state index in [0.717, 1.165) is 32.1 Å². The van der Waals surface area contributed by atoms with Crippen molar-refractivity contribution in [3.63, 3.8) is 0 Å². The molecule has 4 nitrogen and oxygen atoms in total. The molecule has 0 aromatic rings. The summed E-state index contributed by atoms with van der Waals surface area (Å²) in [6.07, 6.45) is 5.78. The Labute approximate surface area is 130 Å². The minimum atomic E-state index is -0.427. The molecule has 4 fully saturated rings. The number of hydrogen-bond acceptors (Lipinski definition) is 3. The summed E-state index contributed by atoms with van der Waals surface area (Å²) in [5.74, 6) is 0.672. The van der Waals surface area contributed by atoms with Crippen LogP contribution in [0.25, 0.3) is 0 Å². The van der Waals surface area contributed by atoms with Gasteiger partial charge in [-0.15, -0.1) is 11.6 Å². The summed E-state index contributed by atoms with van der Waals surface area (Å²) in [4.78, 5) is 24.0. The van der Waals surface area contributed by atoms with E-state index in [1.165, 1.54) is 6.42 Å². The molecule has 5 heteroatoms. The van der Waals surface area contributed by atoms with Crippen LogP contribution in [0.3, 0.4) is 0 Å². The molecular formula is C16H24ClNO3. The zero-order valence-electron chi connectivity index (χ0n) is 12.8. The van der Waals surface area contributed by atoms with Crippen LogP contribution >= 0.6 is 11.6 Å². The van der Waals surface area contributed by atoms with E-state index >= 15 is 0 Å². The van der Waals surface area contributed by atoms with E-state index in [2.05, 4.69) is 5.32 Å². The van der Waals surface area contributed by atoms with Crippen molar-refractivity contribution in [3.8, 4) is 0 Å². The Kier molecular flexibility index (Phi) is 3.71. The molecule has 0 radical (unpaired) electrons. The highest BCUT2D eigenvalue weighted by Crippen LogP contribution is 2.64. The first kappa shape index (κ1) is 15.1. The molecule has 0 aromatic carbocycles. The molecule has 118 valence electrons. The van der Waals surface area contributed by atoms with Gasteiger partial charge in [0.15, 0.2) is 6.61 Å². The number of carbonyl (C=O) groups is 2. The van der Waals surface area contributed by atoms with Gasteiger partial charge in [0.2, 0.25) is 0 Å². The topological polar surface area (TPSA) is 55.4 Å². The molecule has 4 atom stereocenters. The van der Waals surface area contributed by atoms with Crippen molar-refractivity contribution in [1.29, 1.82) is 0 Å². The number of esters is 1. The fourth-order valence-corrected chi connectivity index (χ4v) is 5.73. The fraction of sp³-hybridized carbons (Fsp3) is 0.875. The molecule has 0 aromatic heterocycles. The predicted octanol–water partition coefficient (Wildman–Crippen LogP) is 2.63. The van der Waals surface area contributed by atoms with Crippen molar-refractivity contribution in [3.05, 3.63) is 0 Å². The summed E-state index contributed by atoms with van der Waals surface area (Å²) in [6.45, 7) is 3.59. The van der Waals surface area contributed by atoms with Gasteiger partial charge in [0.1, 0.15) is 0 Å². The third kappa shape index (κ3) is 2.92. The minimum Gasteiger partial charge on any atom is -0.455 e. The highest BCUT2D eigenvalue weighted by Gasteiger charge is 2.60. The van der Waals surface area contributed by atoms with Gasteiger partial charge in [0, 0.05) is 10.9 Å². The second kappa shape index (κ2) is 5.15. The quantitative estimate of drug-likeness (QED) is 0.641. The highest BCUT2D eigenvalue weighted by atomic mass is 35.5. The summed E-state index contributed by atoms with van der Waals surface area (Å²) in [5, 5.41) is 2.74. The maximum atomic E-state index is 12.6. The van der Waals surface area contributed by atoms with Crippen LogP contribution in [0.2, 0.25) is 0 Å². The van der Waals surface area contributed by atoms with E-state index < -0.39 is 5.41 Å². The maximum absolute atomic E-state index is 12.6. The molecule has 0 spiro atoms. The van der Waals surface area contributed by atoms with Crippen molar-refractivity contribution in [2.45, 2.75) is 63.3 Å². The van der Waals surface area contributed by atoms with Gasteiger partial charge in [-0.1, -0.05) is 0 Å². The molecule has 4 saturated carbocycles. The van der Waals surface area contributed by atoms with Gasteiger partial charge in [-0.25, -0.2) is 0 Å². The Hall–Kier alpha value is -0.770. The number of rotatable bonds is 4. The summed E-state index contributed by atoms with van der Waals surface area (Å²) in [6, 6.07) is 0.0573. The first-order chi connectivity index (χ1) is 9.80. The second-order valence-electron chi connectivity index (χ2n) is 7.69. The normalized spacial score (nSPS) is 40.4. The van der Waals surface area contributed by atoms with Crippen LogP contribution in [0.5, 0.6) is 0 Å². The molecule has 0 saturated heterocycles. The third-order valence-electron chi connectivity index (χ3n) is 5.21. The lowest BCUT2D eigenvalue weighted by Crippen LogP contribution is -2.56. The first-order valence-corrected chi connectivity index (χ1v) is 8.34. The minimum absolute atomic E-state index is 0.0573. The zero-order chi connectivity index (χ0) is 15.3. The van der Waals surface area contributed by atoms with Gasteiger partial charge in [0.05, 0.1) is 5.41 Å². The van der Waals surface area contributed by atoms with E-state index in [4.69, 9.17) is 16.3 Å². The first-order valence-electron chi connectivity index (χ1n) is 7.96. The molecule has 0 heterocycles. The Balaban J connectivity index is 1.63.